The van der Waals surface area contributed by atoms with E-state index in [-0.39, 0.29) is 5.78 Å². The number of carbonyl (C=O) groups is 1. The van der Waals surface area contributed by atoms with E-state index in [9.17, 15) is 4.79 Å². The number of aromatic nitrogens is 4. The minimum atomic E-state index is 0.0929. The Balaban J connectivity index is 1.16. The molecule has 2 aromatic carbocycles. The maximum Gasteiger partial charge on any atom is 0.193 e. The standard InChI is InChI=1S/C27H29N5OS/c1-30-14-6-10-24(30)26-28-29-27(31(26)2)34-17-7-15-32-16-13-20-11-12-22(18-23(20)19-32)25(33)21-8-4-3-5-9-21/h3-6,8-12,14,18H,7,13,15-17,19H2,1-2H3. The van der Waals surface area contributed by atoms with Crippen LogP contribution in [0.2, 0.25) is 0 Å². The second-order valence-corrected chi connectivity index (χ2v) is 9.84. The van der Waals surface area contributed by atoms with Crippen LogP contribution in [-0.4, -0.2) is 48.9 Å². The number of nitrogens with zero attached hydrogens (tertiary/aromatic N) is 5. The van der Waals surface area contributed by atoms with Gasteiger partial charge in [-0.05, 0) is 48.7 Å². The van der Waals surface area contributed by atoms with Gasteiger partial charge in [0.05, 0.1) is 5.69 Å². The maximum atomic E-state index is 12.9. The number of ketones is 1. The number of hydrogen-bond acceptors (Lipinski definition) is 5. The SMILES string of the molecule is Cn1cccc1-c1nnc(SCCCN2CCc3ccc(C(=O)c4ccccc4)cc3C2)n1C. The number of carbonyl (C=O) groups excluding carboxylic acids is 1. The Kier molecular flexibility index (Phi) is 6.65. The molecule has 0 aliphatic carbocycles. The molecule has 34 heavy (non-hydrogen) atoms. The van der Waals surface area contributed by atoms with Gasteiger partial charge in [0.2, 0.25) is 0 Å². The molecule has 0 bridgehead atoms. The van der Waals surface area contributed by atoms with Crippen molar-refractivity contribution in [2.75, 3.05) is 18.8 Å². The van der Waals surface area contributed by atoms with Gasteiger partial charge in [-0.1, -0.05) is 54.2 Å². The number of thioether (sulfide) groups is 1. The zero-order valence-electron chi connectivity index (χ0n) is 19.6. The lowest BCUT2D eigenvalue weighted by molar-refractivity contribution is 0.103. The quantitative estimate of drug-likeness (QED) is 0.214. The number of fused-ring (bicyclic) bond motifs is 1. The van der Waals surface area contributed by atoms with Crippen LogP contribution in [0.5, 0.6) is 0 Å². The van der Waals surface area contributed by atoms with Crippen molar-refractivity contribution in [1.82, 2.24) is 24.2 Å². The summed E-state index contributed by atoms with van der Waals surface area (Å²) >= 11 is 1.76. The van der Waals surface area contributed by atoms with Gasteiger partial charge in [0.15, 0.2) is 16.8 Å². The third kappa shape index (κ3) is 4.72. The Hall–Kier alpha value is -3.16. The molecule has 7 heteroatoms. The van der Waals surface area contributed by atoms with Crippen molar-refractivity contribution in [3.05, 3.63) is 89.1 Å². The smallest absolute Gasteiger partial charge is 0.193 e. The van der Waals surface area contributed by atoms with E-state index >= 15 is 0 Å². The van der Waals surface area contributed by atoms with Crippen LogP contribution >= 0.6 is 11.8 Å². The first-order valence-corrected chi connectivity index (χ1v) is 12.7. The van der Waals surface area contributed by atoms with Crippen LogP contribution in [0.1, 0.15) is 33.5 Å². The lowest BCUT2D eigenvalue weighted by Crippen LogP contribution is -2.31. The van der Waals surface area contributed by atoms with Gasteiger partial charge in [-0.15, -0.1) is 10.2 Å². The van der Waals surface area contributed by atoms with E-state index in [1.807, 2.05) is 62.8 Å². The summed E-state index contributed by atoms with van der Waals surface area (Å²) in [7, 11) is 4.05. The van der Waals surface area contributed by atoms with Crippen molar-refractivity contribution in [3.63, 3.8) is 0 Å². The van der Waals surface area contributed by atoms with E-state index in [4.69, 9.17) is 0 Å². The minimum absolute atomic E-state index is 0.0929. The van der Waals surface area contributed by atoms with Gasteiger partial charge in [0.1, 0.15) is 0 Å². The molecule has 4 aromatic rings. The summed E-state index contributed by atoms with van der Waals surface area (Å²) < 4.78 is 4.13. The summed E-state index contributed by atoms with van der Waals surface area (Å²) in [5.41, 5.74) is 5.23. The average Bonchev–Trinajstić information content (AvgIpc) is 3.46. The molecular weight excluding hydrogens is 442 g/mol. The van der Waals surface area contributed by atoms with Crippen LogP contribution in [0.25, 0.3) is 11.5 Å². The fraction of sp³-hybridized carbons (Fsp3) is 0.296. The molecule has 0 radical (unpaired) electrons. The molecule has 0 saturated carbocycles. The summed E-state index contributed by atoms with van der Waals surface area (Å²) in [6.45, 7) is 2.99. The highest BCUT2D eigenvalue weighted by molar-refractivity contribution is 7.99. The Morgan fingerprint density at radius 3 is 2.62 bits per heavy atom. The van der Waals surface area contributed by atoms with E-state index in [1.165, 1.54) is 11.1 Å². The molecule has 3 heterocycles. The first kappa shape index (κ1) is 22.6. The summed E-state index contributed by atoms with van der Waals surface area (Å²) in [5, 5.41) is 9.73. The number of benzene rings is 2. The highest BCUT2D eigenvalue weighted by Gasteiger charge is 2.19. The van der Waals surface area contributed by atoms with E-state index in [0.717, 1.165) is 66.0 Å². The Morgan fingerprint density at radius 1 is 0.971 bits per heavy atom. The highest BCUT2D eigenvalue weighted by Crippen LogP contribution is 2.25. The fourth-order valence-electron chi connectivity index (χ4n) is 4.51. The van der Waals surface area contributed by atoms with Crippen LogP contribution in [-0.2, 0) is 27.1 Å². The molecule has 174 valence electrons. The summed E-state index contributed by atoms with van der Waals surface area (Å²) in [4.78, 5) is 15.3. The van der Waals surface area contributed by atoms with Gasteiger partial charge in [0.25, 0.3) is 0 Å². The van der Waals surface area contributed by atoms with Crippen LogP contribution in [0.15, 0.2) is 72.0 Å². The Morgan fingerprint density at radius 2 is 1.82 bits per heavy atom. The molecule has 5 rings (SSSR count). The maximum absolute atomic E-state index is 12.9. The molecule has 0 spiro atoms. The largest absolute Gasteiger partial charge is 0.348 e. The molecule has 0 unspecified atom stereocenters. The molecule has 0 atom stereocenters. The summed E-state index contributed by atoms with van der Waals surface area (Å²) in [6.07, 6.45) is 4.13. The third-order valence-electron chi connectivity index (χ3n) is 6.45. The predicted molar refractivity (Wildman–Crippen MR) is 136 cm³/mol. The van der Waals surface area contributed by atoms with Crippen molar-refractivity contribution >= 4 is 17.5 Å². The van der Waals surface area contributed by atoms with Crippen LogP contribution in [0.3, 0.4) is 0 Å². The number of aryl methyl sites for hydroxylation is 1. The second-order valence-electron chi connectivity index (χ2n) is 8.78. The summed E-state index contributed by atoms with van der Waals surface area (Å²) in [6, 6.07) is 19.8. The van der Waals surface area contributed by atoms with Gasteiger partial charge in [-0.25, -0.2) is 0 Å². The number of hydrogen-bond donors (Lipinski definition) is 0. The first-order chi connectivity index (χ1) is 16.6. The highest BCUT2D eigenvalue weighted by atomic mass is 32.2. The molecule has 6 nitrogen and oxygen atoms in total. The molecule has 2 aromatic heterocycles. The summed E-state index contributed by atoms with van der Waals surface area (Å²) in [5.74, 6) is 1.98. The van der Waals surface area contributed by atoms with Crippen molar-refractivity contribution in [3.8, 4) is 11.5 Å². The molecule has 1 aliphatic rings. The first-order valence-electron chi connectivity index (χ1n) is 11.7. The molecule has 0 amide bonds. The van der Waals surface area contributed by atoms with Gasteiger partial charge < -0.3 is 9.13 Å². The normalized spacial score (nSPS) is 13.7. The predicted octanol–water partition coefficient (Wildman–Crippen LogP) is 4.59. The number of rotatable bonds is 8. The zero-order valence-corrected chi connectivity index (χ0v) is 20.5. The van der Waals surface area contributed by atoms with E-state index in [1.54, 1.807) is 11.8 Å². The molecule has 0 saturated heterocycles. The molecule has 0 N–H and O–H groups in total. The Bertz CT molecular complexity index is 1290. The van der Waals surface area contributed by atoms with Crippen LogP contribution in [0, 0.1) is 0 Å². The van der Waals surface area contributed by atoms with E-state index in [2.05, 4.69) is 42.4 Å². The Labute approximate surface area is 204 Å². The molecule has 1 aliphatic heterocycles. The van der Waals surface area contributed by atoms with Crippen molar-refractivity contribution in [2.24, 2.45) is 14.1 Å². The van der Waals surface area contributed by atoms with Gasteiger partial charge >= 0.3 is 0 Å². The second kappa shape index (κ2) is 9.99. The molecule has 0 fully saturated rings. The van der Waals surface area contributed by atoms with E-state index in [0.29, 0.717) is 0 Å². The zero-order chi connectivity index (χ0) is 23.5. The monoisotopic (exact) mass is 471 g/mol. The topological polar surface area (TPSA) is 56.0 Å². The van der Waals surface area contributed by atoms with Gasteiger partial charge in [-0.3, -0.25) is 9.69 Å². The lowest BCUT2D eigenvalue weighted by Gasteiger charge is -2.29. The molecular formula is C27H29N5OS. The third-order valence-corrected chi connectivity index (χ3v) is 7.56. The lowest BCUT2D eigenvalue weighted by atomic mass is 9.94. The van der Waals surface area contributed by atoms with Crippen LogP contribution < -0.4 is 0 Å². The average molecular weight is 472 g/mol. The van der Waals surface area contributed by atoms with Crippen LogP contribution in [0.4, 0.5) is 0 Å². The van der Waals surface area contributed by atoms with Gasteiger partial charge in [0, 0.05) is 50.3 Å². The van der Waals surface area contributed by atoms with E-state index < -0.39 is 0 Å². The fourth-order valence-corrected chi connectivity index (χ4v) is 5.35. The van der Waals surface area contributed by atoms with Crippen molar-refractivity contribution < 1.29 is 4.79 Å². The van der Waals surface area contributed by atoms with Crippen molar-refractivity contribution in [1.29, 1.82) is 0 Å². The van der Waals surface area contributed by atoms with Gasteiger partial charge in [-0.2, -0.15) is 0 Å². The van der Waals surface area contributed by atoms with Crippen molar-refractivity contribution in [2.45, 2.75) is 24.5 Å². The minimum Gasteiger partial charge on any atom is -0.348 e.